The average Bonchev–Trinajstić information content (AvgIpc) is 3.46. The first-order chi connectivity index (χ1) is 14.1. The minimum Gasteiger partial charge on any atom is -0.443 e. The second-order valence-corrected chi connectivity index (χ2v) is 7.99. The summed E-state index contributed by atoms with van der Waals surface area (Å²) in [7, 11) is 1.48. The Kier molecular flexibility index (Phi) is 5.60. The summed E-state index contributed by atoms with van der Waals surface area (Å²) in [5.41, 5.74) is 1.02. The third kappa shape index (κ3) is 4.16. The fourth-order valence-corrected chi connectivity index (χ4v) is 4.29. The van der Waals surface area contributed by atoms with Crippen molar-refractivity contribution in [2.24, 2.45) is 0 Å². The Morgan fingerprint density at radius 1 is 1.17 bits per heavy atom. The topological polar surface area (TPSA) is 64.6 Å². The fraction of sp³-hybridized carbons (Fsp3) is 0.273. The fourth-order valence-electron chi connectivity index (χ4n) is 3.18. The van der Waals surface area contributed by atoms with Crippen molar-refractivity contribution < 1.29 is 23.5 Å². The lowest BCUT2D eigenvalue weighted by Crippen LogP contribution is -2.33. The number of nitrogens with one attached hydrogen (secondary N) is 1. The number of rotatable bonds is 7. The molecule has 150 valence electrons. The van der Waals surface area contributed by atoms with Gasteiger partial charge in [-0.1, -0.05) is 36.4 Å². The van der Waals surface area contributed by atoms with Crippen LogP contribution in [0, 0.1) is 5.82 Å². The highest BCUT2D eigenvalue weighted by atomic mass is 32.1. The van der Waals surface area contributed by atoms with E-state index in [9.17, 15) is 14.0 Å². The summed E-state index contributed by atoms with van der Waals surface area (Å²) in [5.74, 6) is -1.44. The lowest BCUT2D eigenvalue weighted by Gasteiger charge is -2.18. The Morgan fingerprint density at radius 2 is 1.93 bits per heavy atom. The summed E-state index contributed by atoms with van der Waals surface area (Å²) in [6.07, 6.45) is 0.776. The average molecular weight is 413 g/mol. The molecule has 0 aliphatic heterocycles. The number of carbonyl (C=O) groups is 2. The first-order valence-electron chi connectivity index (χ1n) is 9.33. The summed E-state index contributed by atoms with van der Waals surface area (Å²) in [6.45, 7) is 0.0651. The van der Waals surface area contributed by atoms with Gasteiger partial charge in [-0.3, -0.25) is 4.79 Å². The van der Waals surface area contributed by atoms with Crippen molar-refractivity contribution in [1.82, 2.24) is 5.32 Å². The molecule has 5 nitrogen and oxygen atoms in total. The zero-order valence-electron chi connectivity index (χ0n) is 15.8. The Bertz CT molecular complexity index is 1050. The summed E-state index contributed by atoms with van der Waals surface area (Å²) in [6, 6.07) is 13.7. The third-order valence-electron chi connectivity index (χ3n) is 4.73. The summed E-state index contributed by atoms with van der Waals surface area (Å²) >= 11 is 1.14. The van der Waals surface area contributed by atoms with Crippen LogP contribution in [0.1, 0.15) is 39.7 Å². The Balaban J connectivity index is 1.68. The van der Waals surface area contributed by atoms with Gasteiger partial charge in [0.25, 0.3) is 5.91 Å². The molecule has 29 heavy (non-hydrogen) atoms. The number of halogens is 1. The number of methoxy groups -OCH3 is 1. The van der Waals surface area contributed by atoms with Crippen molar-refractivity contribution in [2.75, 3.05) is 7.11 Å². The van der Waals surface area contributed by atoms with Crippen molar-refractivity contribution in [3.63, 3.8) is 0 Å². The highest BCUT2D eigenvalue weighted by molar-refractivity contribution is 7.21. The van der Waals surface area contributed by atoms with Crippen LogP contribution in [-0.2, 0) is 20.9 Å². The van der Waals surface area contributed by atoms with E-state index in [-0.39, 0.29) is 23.4 Å². The van der Waals surface area contributed by atoms with Crippen LogP contribution in [0.5, 0.6) is 0 Å². The predicted octanol–water partition coefficient (Wildman–Crippen LogP) is 4.36. The molecule has 1 atom stereocenters. The largest absolute Gasteiger partial charge is 0.443 e. The molecule has 1 fully saturated rings. The maximum Gasteiger partial charge on any atom is 0.349 e. The molecular weight excluding hydrogens is 393 g/mol. The normalized spacial score (nSPS) is 14.6. The standard InChI is InChI=1S/C22H20FNO4S/c1-27-12-15-18-16(23)8-5-9-17(18)29-20(15)22(26)28-19(13-6-3-2-4-7-13)21(25)24-14-10-11-14/h2-9,14,19H,10-12H2,1H3,(H,24,25). The highest BCUT2D eigenvalue weighted by Gasteiger charge is 2.32. The Hall–Kier alpha value is -2.77. The Labute approximate surface area is 171 Å². The maximum atomic E-state index is 14.4. The van der Waals surface area contributed by atoms with Gasteiger partial charge in [0.2, 0.25) is 6.10 Å². The van der Waals surface area contributed by atoms with E-state index in [4.69, 9.17) is 9.47 Å². The predicted molar refractivity (Wildman–Crippen MR) is 108 cm³/mol. The van der Waals surface area contributed by atoms with Gasteiger partial charge in [0.05, 0.1) is 6.61 Å². The number of benzene rings is 2. The van der Waals surface area contributed by atoms with Crippen LogP contribution >= 0.6 is 11.3 Å². The van der Waals surface area contributed by atoms with Crippen LogP contribution in [-0.4, -0.2) is 25.0 Å². The number of ether oxygens (including phenoxy) is 2. The molecule has 1 aromatic heterocycles. The van der Waals surface area contributed by atoms with Crippen molar-refractivity contribution >= 4 is 33.3 Å². The molecule has 1 unspecified atom stereocenters. The van der Waals surface area contributed by atoms with E-state index in [0.717, 1.165) is 24.2 Å². The van der Waals surface area contributed by atoms with Crippen LogP contribution in [0.4, 0.5) is 4.39 Å². The molecule has 7 heteroatoms. The van der Waals surface area contributed by atoms with E-state index in [1.807, 2.05) is 6.07 Å². The van der Waals surface area contributed by atoms with Crippen molar-refractivity contribution in [3.8, 4) is 0 Å². The molecule has 1 heterocycles. The molecule has 4 rings (SSSR count). The minimum atomic E-state index is -1.07. The number of fused-ring (bicyclic) bond motifs is 1. The van der Waals surface area contributed by atoms with Gasteiger partial charge in [-0.2, -0.15) is 0 Å². The third-order valence-corrected chi connectivity index (χ3v) is 5.90. The number of thiophene rings is 1. The van der Waals surface area contributed by atoms with Gasteiger partial charge in [0, 0.05) is 34.4 Å². The zero-order chi connectivity index (χ0) is 20.4. The summed E-state index contributed by atoms with van der Waals surface area (Å²) < 4.78 is 25.9. The minimum absolute atomic E-state index is 0.0651. The molecule has 3 aromatic rings. The van der Waals surface area contributed by atoms with E-state index in [1.165, 1.54) is 13.2 Å². The van der Waals surface area contributed by atoms with E-state index >= 15 is 0 Å². The summed E-state index contributed by atoms with van der Waals surface area (Å²) in [5, 5.41) is 3.24. The number of hydrogen-bond acceptors (Lipinski definition) is 5. The number of carbonyl (C=O) groups excluding carboxylic acids is 2. The Morgan fingerprint density at radius 3 is 2.62 bits per heavy atom. The van der Waals surface area contributed by atoms with E-state index < -0.39 is 17.9 Å². The van der Waals surface area contributed by atoms with Crippen molar-refractivity contribution in [2.45, 2.75) is 31.6 Å². The van der Waals surface area contributed by atoms with Gasteiger partial charge in [-0.05, 0) is 25.0 Å². The lowest BCUT2D eigenvalue weighted by atomic mass is 10.1. The van der Waals surface area contributed by atoms with Gasteiger partial charge in [-0.25, -0.2) is 9.18 Å². The van der Waals surface area contributed by atoms with Crippen LogP contribution in [0.25, 0.3) is 10.1 Å². The SMILES string of the molecule is COCc1c(C(=O)OC(C(=O)NC2CC2)c2ccccc2)sc2cccc(F)c12. The molecule has 1 saturated carbocycles. The van der Waals surface area contributed by atoms with Gasteiger partial charge in [-0.15, -0.1) is 11.3 Å². The maximum absolute atomic E-state index is 14.4. The van der Waals surface area contributed by atoms with E-state index in [1.54, 1.807) is 36.4 Å². The van der Waals surface area contributed by atoms with Crippen LogP contribution < -0.4 is 5.32 Å². The molecule has 1 N–H and O–H groups in total. The first kappa shape index (κ1) is 19.5. The molecule has 0 bridgehead atoms. The molecule has 0 radical (unpaired) electrons. The monoisotopic (exact) mass is 413 g/mol. The lowest BCUT2D eigenvalue weighted by molar-refractivity contribution is -0.130. The van der Waals surface area contributed by atoms with Crippen LogP contribution in [0.2, 0.25) is 0 Å². The second-order valence-electron chi connectivity index (χ2n) is 6.93. The molecule has 1 amide bonds. The van der Waals surface area contributed by atoms with E-state index in [2.05, 4.69) is 5.32 Å². The first-order valence-corrected chi connectivity index (χ1v) is 10.1. The van der Waals surface area contributed by atoms with Gasteiger partial charge in [0.15, 0.2) is 0 Å². The number of hydrogen-bond donors (Lipinski definition) is 1. The van der Waals surface area contributed by atoms with Crippen molar-refractivity contribution in [3.05, 3.63) is 70.4 Å². The zero-order valence-corrected chi connectivity index (χ0v) is 16.6. The van der Waals surface area contributed by atoms with E-state index in [0.29, 0.717) is 21.2 Å². The van der Waals surface area contributed by atoms with Gasteiger partial charge >= 0.3 is 5.97 Å². The highest BCUT2D eigenvalue weighted by Crippen LogP contribution is 2.35. The van der Waals surface area contributed by atoms with Gasteiger partial charge < -0.3 is 14.8 Å². The molecule has 0 spiro atoms. The molecule has 0 saturated heterocycles. The molecular formula is C22H20FNO4S. The van der Waals surface area contributed by atoms with Crippen molar-refractivity contribution in [1.29, 1.82) is 0 Å². The summed E-state index contributed by atoms with van der Waals surface area (Å²) in [4.78, 5) is 26.0. The number of amides is 1. The molecule has 2 aromatic carbocycles. The molecule has 1 aliphatic rings. The van der Waals surface area contributed by atoms with Crippen LogP contribution in [0.15, 0.2) is 48.5 Å². The number of esters is 1. The molecule has 1 aliphatic carbocycles. The van der Waals surface area contributed by atoms with Gasteiger partial charge in [0.1, 0.15) is 10.7 Å². The second kappa shape index (κ2) is 8.31. The van der Waals surface area contributed by atoms with Crippen LogP contribution in [0.3, 0.4) is 0 Å². The quantitative estimate of drug-likeness (QED) is 0.585. The smallest absolute Gasteiger partial charge is 0.349 e.